The summed E-state index contributed by atoms with van der Waals surface area (Å²) in [6.07, 6.45) is 4.94. The summed E-state index contributed by atoms with van der Waals surface area (Å²) in [5, 5.41) is 0. The fraction of sp³-hybridized carbons (Fsp3) is 0.750. The summed E-state index contributed by atoms with van der Waals surface area (Å²) < 4.78 is 11.3. The molecule has 0 radical (unpaired) electrons. The zero-order chi connectivity index (χ0) is 14.5. The maximum Gasteiger partial charge on any atom is 0.115 e. The van der Waals surface area contributed by atoms with E-state index in [9.17, 15) is 0 Å². The third kappa shape index (κ3) is 4.22. The molecule has 2 aliphatic heterocycles. The Labute approximate surface area is 126 Å². The molecule has 0 unspecified atom stereocenters. The highest BCUT2D eigenvalue weighted by atomic mass is 16.5. The molecular formula is C16H25N3O2. The summed E-state index contributed by atoms with van der Waals surface area (Å²) in [7, 11) is 0. The van der Waals surface area contributed by atoms with Gasteiger partial charge in [0, 0.05) is 49.7 Å². The van der Waals surface area contributed by atoms with Crippen molar-refractivity contribution in [3.63, 3.8) is 0 Å². The first kappa shape index (κ1) is 14.9. The molecule has 0 amide bonds. The molecule has 0 aliphatic carbocycles. The van der Waals surface area contributed by atoms with Gasteiger partial charge >= 0.3 is 0 Å². The molecule has 2 aliphatic rings. The van der Waals surface area contributed by atoms with Crippen molar-refractivity contribution in [2.24, 2.45) is 5.92 Å². The normalized spacial score (nSPS) is 25.7. The SMILES string of the molecule is Cc1cc(C[C@H]2COCCN(C3CCOCC3)C2)ncn1. The quantitative estimate of drug-likeness (QED) is 0.843. The van der Waals surface area contributed by atoms with Gasteiger partial charge in [-0.25, -0.2) is 9.97 Å². The van der Waals surface area contributed by atoms with Crippen LogP contribution in [0.3, 0.4) is 0 Å². The average Bonchev–Trinajstić information content (AvgIpc) is 2.74. The average molecular weight is 291 g/mol. The molecule has 3 heterocycles. The second-order valence-electron chi connectivity index (χ2n) is 6.13. The molecule has 2 saturated heterocycles. The minimum absolute atomic E-state index is 0.518. The van der Waals surface area contributed by atoms with E-state index in [1.54, 1.807) is 6.33 Å². The molecule has 21 heavy (non-hydrogen) atoms. The molecule has 0 spiro atoms. The first-order valence-electron chi connectivity index (χ1n) is 7.98. The number of hydrogen-bond donors (Lipinski definition) is 0. The Morgan fingerprint density at radius 2 is 2.05 bits per heavy atom. The van der Waals surface area contributed by atoms with Crippen LogP contribution in [0.2, 0.25) is 0 Å². The third-order valence-electron chi connectivity index (χ3n) is 4.43. The smallest absolute Gasteiger partial charge is 0.115 e. The van der Waals surface area contributed by atoms with Gasteiger partial charge in [0.2, 0.25) is 0 Å². The first-order valence-corrected chi connectivity index (χ1v) is 7.98. The van der Waals surface area contributed by atoms with Gasteiger partial charge in [0.05, 0.1) is 13.2 Å². The fourth-order valence-electron chi connectivity index (χ4n) is 3.33. The highest BCUT2D eigenvalue weighted by molar-refractivity contribution is 5.07. The Bertz CT molecular complexity index is 449. The number of ether oxygens (including phenoxy) is 2. The Morgan fingerprint density at radius 3 is 2.86 bits per heavy atom. The molecule has 0 bridgehead atoms. The van der Waals surface area contributed by atoms with E-state index in [4.69, 9.17) is 9.47 Å². The van der Waals surface area contributed by atoms with Crippen molar-refractivity contribution in [2.45, 2.75) is 32.2 Å². The van der Waals surface area contributed by atoms with E-state index >= 15 is 0 Å². The maximum atomic E-state index is 5.81. The molecule has 0 saturated carbocycles. The van der Waals surface area contributed by atoms with E-state index in [1.807, 2.05) is 6.92 Å². The van der Waals surface area contributed by atoms with Gasteiger partial charge in [0.1, 0.15) is 6.33 Å². The van der Waals surface area contributed by atoms with Crippen molar-refractivity contribution in [2.75, 3.05) is 39.5 Å². The van der Waals surface area contributed by atoms with E-state index in [2.05, 4.69) is 20.9 Å². The van der Waals surface area contributed by atoms with Crippen molar-refractivity contribution >= 4 is 0 Å². The second-order valence-corrected chi connectivity index (χ2v) is 6.13. The van der Waals surface area contributed by atoms with Crippen molar-refractivity contribution in [3.8, 4) is 0 Å². The van der Waals surface area contributed by atoms with Crippen molar-refractivity contribution in [1.82, 2.24) is 14.9 Å². The Morgan fingerprint density at radius 1 is 1.19 bits per heavy atom. The van der Waals surface area contributed by atoms with Crippen LogP contribution >= 0.6 is 0 Å². The monoisotopic (exact) mass is 291 g/mol. The van der Waals surface area contributed by atoms with Crippen molar-refractivity contribution in [3.05, 3.63) is 23.8 Å². The Balaban J connectivity index is 1.61. The van der Waals surface area contributed by atoms with Crippen molar-refractivity contribution < 1.29 is 9.47 Å². The molecule has 5 heteroatoms. The lowest BCUT2D eigenvalue weighted by Gasteiger charge is -2.34. The van der Waals surface area contributed by atoms with Gasteiger partial charge in [0.25, 0.3) is 0 Å². The predicted molar refractivity (Wildman–Crippen MR) is 80.2 cm³/mol. The van der Waals surface area contributed by atoms with Crippen LogP contribution in [0.1, 0.15) is 24.2 Å². The first-order chi connectivity index (χ1) is 10.3. The van der Waals surface area contributed by atoms with Crippen LogP contribution < -0.4 is 0 Å². The fourth-order valence-corrected chi connectivity index (χ4v) is 3.33. The van der Waals surface area contributed by atoms with Crippen LogP contribution in [0.4, 0.5) is 0 Å². The zero-order valence-electron chi connectivity index (χ0n) is 12.8. The molecule has 2 fully saturated rings. The molecule has 0 aromatic carbocycles. The lowest BCUT2D eigenvalue weighted by molar-refractivity contribution is 0.0308. The maximum absolute atomic E-state index is 5.81. The van der Waals surface area contributed by atoms with Gasteiger partial charge in [-0.2, -0.15) is 0 Å². The molecule has 0 N–H and O–H groups in total. The molecule has 3 rings (SSSR count). The van der Waals surface area contributed by atoms with Gasteiger partial charge in [-0.15, -0.1) is 0 Å². The van der Waals surface area contributed by atoms with Crippen LogP contribution in [-0.2, 0) is 15.9 Å². The highest BCUT2D eigenvalue weighted by Gasteiger charge is 2.26. The van der Waals surface area contributed by atoms with Gasteiger partial charge < -0.3 is 9.47 Å². The Hall–Kier alpha value is -1.04. The highest BCUT2D eigenvalue weighted by Crippen LogP contribution is 2.20. The van der Waals surface area contributed by atoms with E-state index in [0.29, 0.717) is 12.0 Å². The van der Waals surface area contributed by atoms with E-state index < -0.39 is 0 Å². The molecule has 116 valence electrons. The van der Waals surface area contributed by atoms with Gasteiger partial charge in [-0.3, -0.25) is 4.90 Å². The molecular weight excluding hydrogens is 266 g/mol. The molecule has 5 nitrogen and oxygen atoms in total. The van der Waals surface area contributed by atoms with E-state index in [-0.39, 0.29) is 0 Å². The van der Waals surface area contributed by atoms with Crippen LogP contribution in [0.15, 0.2) is 12.4 Å². The van der Waals surface area contributed by atoms with E-state index in [1.165, 1.54) is 0 Å². The van der Waals surface area contributed by atoms with Crippen LogP contribution in [-0.4, -0.2) is 60.4 Å². The predicted octanol–water partition coefficient (Wildman–Crippen LogP) is 1.45. The number of hydrogen-bond acceptors (Lipinski definition) is 5. The van der Waals surface area contributed by atoms with Crippen LogP contribution in [0.5, 0.6) is 0 Å². The third-order valence-corrected chi connectivity index (χ3v) is 4.43. The Kier molecular flexibility index (Phi) is 5.17. The second kappa shape index (κ2) is 7.29. The summed E-state index contributed by atoms with van der Waals surface area (Å²) in [5.74, 6) is 0.518. The summed E-state index contributed by atoms with van der Waals surface area (Å²) in [5.41, 5.74) is 2.17. The summed E-state index contributed by atoms with van der Waals surface area (Å²) in [6.45, 7) is 7.65. The van der Waals surface area contributed by atoms with Crippen LogP contribution in [0, 0.1) is 12.8 Å². The molecule has 1 atom stereocenters. The molecule has 1 aromatic rings. The summed E-state index contributed by atoms with van der Waals surface area (Å²) >= 11 is 0. The van der Waals surface area contributed by atoms with Gasteiger partial charge in [-0.05, 0) is 32.3 Å². The number of aromatic nitrogens is 2. The lowest BCUT2D eigenvalue weighted by atomic mass is 10.0. The van der Waals surface area contributed by atoms with Crippen LogP contribution in [0.25, 0.3) is 0 Å². The summed E-state index contributed by atoms with van der Waals surface area (Å²) in [4.78, 5) is 11.2. The van der Waals surface area contributed by atoms with Gasteiger partial charge in [-0.1, -0.05) is 0 Å². The number of rotatable bonds is 3. The summed E-state index contributed by atoms with van der Waals surface area (Å²) in [6, 6.07) is 2.75. The number of aryl methyl sites for hydroxylation is 1. The zero-order valence-corrected chi connectivity index (χ0v) is 12.8. The lowest BCUT2D eigenvalue weighted by Crippen LogP contribution is -2.42. The van der Waals surface area contributed by atoms with Crippen molar-refractivity contribution in [1.29, 1.82) is 0 Å². The molecule has 1 aromatic heterocycles. The van der Waals surface area contributed by atoms with Gasteiger partial charge in [0.15, 0.2) is 0 Å². The standard InChI is InChI=1S/C16H25N3O2/c1-13-8-15(18-12-17-13)9-14-10-19(4-7-21-11-14)16-2-5-20-6-3-16/h8,12,14,16H,2-7,9-11H2,1H3/t14-/m1/s1. The van der Waals surface area contributed by atoms with E-state index in [0.717, 1.165) is 70.2 Å². The largest absolute Gasteiger partial charge is 0.381 e. The minimum Gasteiger partial charge on any atom is -0.381 e. The number of nitrogens with zero attached hydrogens (tertiary/aromatic N) is 3. The topological polar surface area (TPSA) is 47.5 Å². The minimum atomic E-state index is 0.518.